The summed E-state index contributed by atoms with van der Waals surface area (Å²) in [7, 11) is 0. The predicted octanol–water partition coefficient (Wildman–Crippen LogP) is 2.03. The van der Waals surface area contributed by atoms with Crippen LogP contribution in [0, 0.1) is 0 Å². The maximum absolute atomic E-state index is 9.32. The SMILES string of the molecule is OCc1cn(Cc2cscn2)c2ncccc12. The van der Waals surface area contributed by atoms with Crippen LogP contribution in [0.25, 0.3) is 11.0 Å². The van der Waals surface area contributed by atoms with Gasteiger partial charge in [-0.3, -0.25) is 0 Å². The molecule has 0 saturated carbocycles. The van der Waals surface area contributed by atoms with Gasteiger partial charge in [-0.05, 0) is 12.1 Å². The van der Waals surface area contributed by atoms with Gasteiger partial charge in [0.2, 0.25) is 0 Å². The molecule has 0 aliphatic carbocycles. The first-order valence-electron chi connectivity index (χ1n) is 5.29. The minimum absolute atomic E-state index is 0.0340. The smallest absolute Gasteiger partial charge is 0.140 e. The molecule has 0 saturated heterocycles. The van der Waals surface area contributed by atoms with Gasteiger partial charge in [-0.25, -0.2) is 9.97 Å². The number of fused-ring (bicyclic) bond motifs is 1. The third kappa shape index (κ3) is 1.83. The number of hydrogen-bond donors (Lipinski definition) is 1. The van der Waals surface area contributed by atoms with Gasteiger partial charge in [-0.1, -0.05) is 0 Å². The van der Waals surface area contributed by atoms with E-state index >= 15 is 0 Å². The lowest BCUT2D eigenvalue weighted by atomic mass is 10.2. The first-order valence-corrected chi connectivity index (χ1v) is 6.23. The number of pyridine rings is 1. The molecule has 0 radical (unpaired) electrons. The van der Waals surface area contributed by atoms with Crippen molar-refractivity contribution in [2.24, 2.45) is 0 Å². The Bertz CT molecular complexity index is 630. The summed E-state index contributed by atoms with van der Waals surface area (Å²) in [6.07, 6.45) is 3.71. The lowest BCUT2D eigenvalue weighted by Crippen LogP contribution is -1.99. The summed E-state index contributed by atoms with van der Waals surface area (Å²) >= 11 is 1.58. The van der Waals surface area contributed by atoms with Gasteiger partial charge in [-0.15, -0.1) is 11.3 Å². The molecular formula is C12H11N3OS. The first kappa shape index (κ1) is 10.4. The Morgan fingerprint density at radius 3 is 3.06 bits per heavy atom. The van der Waals surface area contributed by atoms with Crippen molar-refractivity contribution in [2.75, 3.05) is 0 Å². The minimum atomic E-state index is 0.0340. The number of aliphatic hydroxyl groups is 1. The Labute approximate surface area is 102 Å². The van der Waals surface area contributed by atoms with E-state index in [1.54, 1.807) is 17.5 Å². The zero-order valence-electron chi connectivity index (χ0n) is 9.08. The molecule has 5 heteroatoms. The van der Waals surface area contributed by atoms with Gasteiger partial charge in [-0.2, -0.15) is 0 Å². The third-order valence-corrected chi connectivity index (χ3v) is 3.34. The summed E-state index contributed by atoms with van der Waals surface area (Å²) in [6, 6.07) is 3.86. The molecule has 1 N–H and O–H groups in total. The van der Waals surface area contributed by atoms with E-state index in [1.165, 1.54) is 0 Å². The van der Waals surface area contributed by atoms with Crippen LogP contribution in [0.2, 0.25) is 0 Å². The van der Waals surface area contributed by atoms with Gasteiger partial charge in [0.15, 0.2) is 0 Å². The maximum atomic E-state index is 9.32. The number of aromatic nitrogens is 3. The van der Waals surface area contributed by atoms with Crippen LogP contribution in [-0.2, 0) is 13.2 Å². The molecule has 3 aromatic heterocycles. The standard InChI is InChI=1S/C12H11N3OS/c16-6-9-4-15(5-10-7-17-8-14-10)12-11(9)2-1-3-13-12/h1-4,7-8,16H,5-6H2. The molecule has 0 spiro atoms. The first-order chi connectivity index (χ1) is 8.38. The third-order valence-electron chi connectivity index (χ3n) is 2.70. The van der Waals surface area contributed by atoms with E-state index in [0.717, 1.165) is 22.3 Å². The van der Waals surface area contributed by atoms with E-state index in [-0.39, 0.29) is 6.61 Å². The van der Waals surface area contributed by atoms with E-state index < -0.39 is 0 Å². The zero-order valence-corrected chi connectivity index (χ0v) is 9.89. The highest BCUT2D eigenvalue weighted by atomic mass is 32.1. The highest BCUT2D eigenvalue weighted by molar-refractivity contribution is 7.07. The topological polar surface area (TPSA) is 50.9 Å². The Morgan fingerprint density at radius 1 is 1.35 bits per heavy atom. The fraction of sp³-hybridized carbons (Fsp3) is 0.167. The van der Waals surface area contributed by atoms with E-state index in [1.807, 2.05) is 33.8 Å². The van der Waals surface area contributed by atoms with Crippen LogP contribution in [0.4, 0.5) is 0 Å². The second kappa shape index (κ2) is 4.27. The van der Waals surface area contributed by atoms with Crippen molar-refractivity contribution in [3.05, 3.63) is 46.7 Å². The van der Waals surface area contributed by atoms with Gasteiger partial charge in [0.1, 0.15) is 5.65 Å². The normalized spacial score (nSPS) is 11.1. The highest BCUT2D eigenvalue weighted by Gasteiger charge is 2.09. The van der Waals surface area contributed by atoms with Crippen LogP contribution in [0.1, 0.15) is 11.3 Å². The number of rotatable bonds is 3. The van der Waals surface area contributed by atoms with Crippen molar-refractivity contribution >= 4 is 22.4 Å². The maximum Gasteiger partial charge on any atom is 0.140 e. The van der Waals surface area contributed by atoms with Gasteiger partial charge in [0.05, 0.1) is 24.4 Å². The van der Waals surface area contributed by atoms with Crippen molar-refractivity contribution in [3.63, 3.8) is 0 Å². The van der Waals surface area contributed by atoms with Gasteiger partial charge in [0, 0.05) is 28.7 Å². The second-order valence-corrected chi connectivity index (χ2v) is 4.51. The fourth-order valence-corrected chi connectivity index (χ4v) is 2.48. The molecule has 0 amide bonds. The van der Waals surface area contributed by atoms with Crippen molar-refractivity contribution in [3.8, 4) is 0 Å². The quantitative estimate of drug-likeness (QED) is 0.768. The van der Waals surface area contributed by atoms with Gasteiger partial charge < -0.3 is 9.67 Å². The molecule has 3 aromatic rings. The monoisotopic (exact) mass is 245 g/mol. The van der Waals surface area contributed by atoms with Gasteiger partial charge in [0.25, 0.3) is 0 Å². The Kier molecular flexibility index (Phi) is 2.62. The molecule has 0 atom stereocenters. The average molecular weight is 245 g/mol. The lowest BCUT2D eigenvalue weighted by molar-refractivity contribution is 0.283. The highest BCUT2D eigenvalue weighted by Crippen LogP contribution is 2.20. The van der Waals surface area contributed by atoms with Crippen LogP contribution < -0.4 is 0 Å². The molecular weight excluding hydrogens is 234 g/mol. The molecule has 0 aliphatic rings. The summed E-state index contributed by atoms with van der Waals surface area (Å²) < 4.78 is 2.02. The molecule has 3 rings (SSSR count). The van der Waals surface area contributed by atoms with Crippen molar-refractivity contribution in [1.29, 1.82) is 0 Å². The van der Waals surface area contributed by atoms with Crippen LogP contribution >= 0.6 is 11.3 Å². The van der Waals surface area contributed by atoms with E-state index in [2.05, 4.69) is 9.97 Å². The van der Waals surface area contributed by atoms with Crippen molar-refractivity contribution in [1.82, 2.24) is 14.5 Å². The largest absolute Gasteiger partial charge is 0.392 e. The number of aliphatic hydroxyl groups excluding tert-OH is 1. The number of thiazole rings is 1. The summed E-state index contributed by atoms with van der Waals surface area (Å²) in [4.78, 5) is 8.62. The summed E-state index contributed by atoms with van der Waals surface area (Å²) in [5.41, 5.74) is 4.64. The fourth-order valence-electron chi connectivity index (χ4n) is 1.93. The molecule has 3 heterocycles. The summed E-state index contributed by atoms with van der Waals surface area (Å²) in [5.74, 6) is 0. The van der Waals surface area contributed by atoms with Crippen molar-refractivity contribution in [2.45, 2.75) is 13.2 Å². The van der Waals surface area contributed by atoms with Gasteiger partial charge >= 0.3 is 0 Å². The van der Waals surface area contributed by atoms with E-state index in [0.29, 0.717) is 6.54 Å². The Balaban J connectivity index is 2.10. The predicted molar refractivity (Wildman–Crippen MR) is 66.9 cm³/mol. The van der Waals surface area contributed by atoms with E-state index in [9.17, 15) is 5.11 Å². The van der Waals surface area contributed by atoms with E-state index in [4.69, 9.17) is 0 Å². The molecule has 0 fully saturated rings. The Morgan fingerprint density at radius 2 is 2.29 bits per heavy atom. The lowest BCUT2D eigenvalue weighted by Gasteiger charge is -2.00. The van der Waals surface area contributed by atoms with Crippen LogP contribution in [-0.4, -0.2) is 19.6 Å². The number of nitrogens with zero attached hydrogens (tertiary/aromatic N) is 3. The molecule has 0 bridgehead atoms. The molecule has 0 unspecified atom stereocenters. The molecule has 0 aromatic carbocycles. The molecule has 86 valence electrons. The van der Waals surface area contributed by atoms with Crippen molar-refractivity contribution < 1.29 is 5.11 Å². The molecule has 0 aliphatic heterocycles. The summed E-state index contributed by atoms with van der Waals surface area (Å²) in [5, 5.41) is 12.3. The Hall–Kier alpha value is -1.72. The second-order valence-electron chi connectivity index (χ2n) is 3.79. The van der Waals surface area contributed by atoms with Crippen LogP contribution in [0.5, 0.6) is 0 Å². The number of hydrogen-bond acceptors (Lipinski definition) is 4. The minimum Gasteiger partial charge on any atom is -0.392 e. The molecule has 17 heavy (non-hydrogen) atoms. The average Bonchev–Trinajstić information content (AvgIpc) is 2.98. The van der Waals surface area contributed by atoms with Crippen LogP contribution in [0.3, 0.4) is 0 Å². The zero-order chi connectivity index (χ0) is 11.7. The van der Waals surface area contributed by atoms with Crippen LogP contribution in [0.15, 0.2) is 35.4 Å². The summed E-state index contributed by atoms with van der Waals surface area (Å²) in [6.45, 7) is 0.725. The molecule has 4 nitrogen and oxygen atoms in total.